The van der Waals surface area contributed by atoms with Gasteiger partial charge >= 0.3 is 0 Å². The molecule has 0 radical (unpaired) electrons. The molecule has 0 spiro atoms. The molecule has 2 N–H and O–H groups in total. The third-order valence-corrected chi connectivity index (χ3v) is 2.78. The number of pyridine rings is 1. The number of nitrogens with zero attached hydrogens (tertiary/aromatic N) is 3. The largest absolute Gasteiger partial charge is 0.324 e. The first-order chi connectivity index (χ1) is 8.09. The van der Waals surface area contributed by atoms with Gasteiger partial charge in [-0.2, -0.15) is 0 Å². The molecule has 2 aromatic rings. The Kier molecular flexibility index (Phi) is 3.36. The quantitative estimate of drug-likeness (QED) is 0.887. The summed E-state index contributed by atoms with van der Waals surface area (Å²) in [5, 5.41) is 0.542. The Morgan fingerprint density at radius 1 is 1.35 bits per heavy atom. The smallest absolute Gasteiger partial charge is 0.179 e. The van der Waals surface area contributed by atoms with E-state index in [-0.39, 0.29) is 6.04 Å². The monoisotopic (exact) mass is 248 g/mol. The molecule has 0 aliphatic carbocycles. The first kappa shape index (κ1) is 12.0. The number of halogens is 1. The van der Waals surface area contributed by atoms with Crippen molar-refractivity contribution in [2.45, 2.75) is 19.9 Å². The number of nitrogens with two attached hydrogens (primary N) is 1. The molecule has 0 fully saturated rings. The molecule has 0 aliphatic rings. The zero-order chi connectivity index (χ0) is 12.4. The minimum Gasteiger partial charge on any atom is -0.324 e. The lowest BCUT2D eigenvalue weighted by Gasteiger charge is -2.09. The van der Waals surface area contributed by atoms with Crippen LogP contribution in [0.1, 0.15) is 24.2 Å². The van der Waals surface area contributed by atoms with E-state index in [0.29, 0.717) is 16.5 Å². The lowest BCUT2D eigenvalue weighted by Crippen LogP contribution is -2.09. The van der Waals surface area contributed by atoms with Gasteiger partial charge in [-0.05, 0) is 26.0 Å². The van der Waals surface area contributed by atoms with Gasteiger partial charge in [0.15, 0.2) is 5.82 Å². The van der Waals surface area contributed by atoms with E-state index < -0.39 is 0 Å². The second kappa shape index (κ2) is 4.77. The molecule has 1 atom stereocenters. The second-order valence-corrected chi connectivity index (χ2v) is 4.26. The van der Waals surface area contributed by atoms with E-state index in [4.69, 9.17) is 17.3 Å². The number of rotatable bonds is 2. The molecule has 0 saturated carbocycles. The van der Waals surface area contributed by atoms with E-state index in [0.717, 1.165) is 11.3 Å². The minimum absolute atomic E-state index is 0.0803. The molecule has 2 heterocycles. The predicted molar refractivity (Wildman–Crippen MR) is 67.6 cm³/mol. The van der Waals surface area contributed by atoms with Crippen molar-refractivity contribution in [1.82, 2.24) is 15.0 Å². The summed E-state index contributed by atoms with van der Waals surface area (Å²) in [6.45, 7) is 3.81. The average Bonchev–Trinajstić information content (AvgIpc) is 2.29. The fourth-order valence-corrected chi connectivity index (χ4v) is 1.79. The summed E-state index contributed by atoms with van der Waals surface area (Å²) in [5.74, 6) is 0.525. The average molecular weight is 249 g/mol. The van der Waals surface area contributed by atoms with E-state index in [1.165, 1.54) is 0 Å². The molecule has 0 aliphatic heterocycles. The van der Waals surface area contributed by atoms with Crippen LogP contribution in [-0.2, 0) is 0 Å². The van der Waals surface area contributed by atoms with Crippen LogP contribution in [0.15, 0.2) is 24.5 Å². The van der Waals surface area contributed by atoms with Gasteiger partial charge < -0.3 is 5.73 Å². The fourth-order valence-electron chi connectivity index (χ4n) is 1.59. The van der Waals surface area contributed by atoms with E-state index in [1.54, 1.807) is 24.5 Å². The molecule has 88 valence electrons. The molecule has 2 rings (SSSR count). The molecule has 4 nitrogen and oxygen atoms in total. The first-order valence-corrected chi connectivity index (χ1v) is 5.67. The molecule has 2 aromatic heterocycles. The van der Waals surface area contributed by atoms with Crippen molar-refractivity contribution >= 4 is 11.6 Å². The Morgan fingerprint density at radius 3 is 2.71 bits per heavy atom. The number of aryl methyl sites for hydroxylation is 1. The highest BCUT2D eigenvalue weighted by molar-refractivity contribution is 6.32. The van der Waals surface area contributed by atoms with Crippen molar-refractivity contribution in [3.8, 4) is 11.5 Å². The van der Waals surface area contributed by atoms with Crippen molar-refractivity contribution in [1.29, 1.82) is 0 Å². The van der Waals surface area contributed by atoms with Gasteiger partial charge in [0.25, 0.3) is 0 Å². The predicted octanol–water partition coefficient (Wildman–Crippen LogP) is 2.52. The molecule has 0 unspecified atom stereocenters. The molecule has 0 aromatic carbocycles. The van der Waals surface area contributed by atoms with E-state index >= 15 is 0 Å². The van der Waals surface area contributed by atoms with Crippen LogP contribution < -0.4 is 5.73 Å². The van der Waals surface area contributed by atoms with Crippen LogP contribution in [0.3, 0.4) is 0 Å². The molecule has 0 saturated heterocycles. The SMILES string of the molecule is Cc1nc(-c2ncccc2Cl)ncc1[C@H](C)N. The summed E-state index contributed by atoms with van der Waals surface area (Å²) in [6.07, 6.45) is 3.40. The molecule has 0 bridgehead atoms. The van der Waals surface area contributed by atoms with E-state index in [2.05, 4.69) is 15.0 Å². The molecular weight excluding hydrogens is 236 g/mol. The Balaban J connectivity index is 2.49. The number of hydrogen-bond donors (Lipinski definition) is 1. The zero-order valence-electron chi connectivity index (χ0n) is 9.68. The third kappa shape index (κ3) is 2.43. The van der Waals surface area contributed by atoms with Crippen molar-refractivity contribution in [3.05, 3.63) is 40.8 Å². The second-order valence-electron chi connectivity index (χ2n) is 3.86. The molecule has 5 heteroatoms. The maximum absolute atomic E-state index is 6.05. The lowest BCUT2D eigenvalue weighted by molar-refractivity contribution is 0.790. The Morgan fingerprint density at radius 2 is 2.12 bits per heavy atom. The van der Waals surface area contributed by atoms with Crippen LogP contribution in [0.2, 0.25) is 5.02 Å². The normalized spacial score (nSPS) is 12.5. The van der Waals surface area contributed by atoms with Crippen LogP contribution in [0, 0.1) is 6.92 Å². The Bertz CT molecular complexity index is 540. The van der Waals surface area contributed by atoms with E-state index in [1.807, 2.05) is 13.8 Å². The third-order valence-electron chi connectivity index (χ3n) is 2.48. The maximum Gasteiger partial charge on any atom is 0.179 e. The summed E-state index contributed by atoms with van der Waals surface area (Å²) in [5.41, 5.74) is 8.19. The van der Waals surface area contributed by atoms with Gasteiger partial charge in [-0.3, -0.25) is 4.98 Å². The maximum atomic E-state index is 6.05. The van der Waals surface area contributed by atoms with Crippen LogP contribution in [-0.4, -0.2) is 15.0 Å². The highest BCUT2D eigenvalue weighted by atomic mass is 35.5. The van der Waals surface area contributed by atoms with Gasteiger partial charge in [-0.25, -0.2) is 9.97 Å². The van der Waals surface area contributed by atoms with Crippen LogP contribution in [0.25, 0.3) is 11.5 Å². The topological polar surface area (TPSA) is 64.7 Å². The Hall–Kier alpha value is -1.52. The highest BCUT2D eigenvalue weighted by Crippen LogP contribution is 2.23. The van der Waals surface area contributed by atoms with E-state index in [9.17, 15) is 0 Å². The van der Waals surface area contributed by atoms with Crippen LogP contribution >= 0.6 is 11.6 Å². The number of aromatic nitrogens is 3. The van der Waals surface area contributed by atoms with Gasteiger partial charge in [0.1, 0.15) is 5.69 Å². The summed E-state index contributed by atoms with van der Waals surface area (Å²) in [7, 11) is 0. The van der Waals surface area contributed by atoms with Crippen LogP contribution in [0.4, 0.5) is 0 Å². The summed E-state index contributed by atoms with van der Waals surface area (Å²) in [6, 6.07) is 3.46. The lowest BCUT2D eigenvalue weighted by atomic mass is 10.1. The molecule has 0 amide bonds. The van der Waals surface area contributed by atoms with Crippen molar-refractivity contribution in [2.75, 3.05) is 0 Å². The van der Waals surface area contributed by atoms with Crippen molar-refractivity contribution < 1.29 is 0 Å². The fraction of sp³-hybridized carbons (Fsp3) is 0.250. The van der Waals surface area contributed by atoms with Crippen molar-refractivity contribution in [2.24, 2.45) is 5.73 Å². The first-order valence-electron chi connectivity index (χ1n) is 5.29. The molecular formula is C12H13ClN4. The van der Waals surface area contributed by atoms with Gasteiger partial charge in [-0.1, -0.05) is 11.6 Å². The Labute approximate surface area is 105 Å². The summed E-state index contributed by atoms with van der Waals surface area (Å²) >= 11 is 6.05. The number of hydrogen-bond acceptors (Lipinski definition) is 4. The zero-order valence-corrected chi connectivity index (χ0v) is 10.4. The standard InChI is InChI=1S/C12H13ClN4/c1-7(14)9-6-16-12(17-8(9)2)11-10(13)4-3-5-15-11/h3-7H,14H2,1-2H3/t7-/m0/s1. The van der Waals surface area contributed by atoms with Gasteiger partial charge in [0.05, 0.1) is 5.02 Å². The van der Waals surface area contributed by atoms with Gasteiger partial charge in [-0.15, -0.1) is 0 Å². The summed E-state index contributed by atoms with van der Waals surface area (Å²) < 4.78 is 0. The highest BCUT2D eigenvalue weighted by Gasteiger charge is 2.11. The minimum atomic E-state index is -0.0803. The van der Waals surface area contributed by atoms with Crippen molar-refractivity contribution in [3.63, 3.8) is 0 Å². The van der Waals surface area contributed by atoms with Gasteiger partial charge in [0, 0.05) is 29.7 Å². The molecule has 17 heavy (non-hydrogen) atoms. The summed E-state index contributed by atoms with van der Waals surface area (Å²) in [4.78, 5) is 12.8. The van der Waals surface area contributed by atoms with Gasteiger partial charge in [0.2, 0.25) is 0 Å². The van der Waals surface area contributed by atoms with Crippen LogP contribution in [0.5, 0.6) is 0 Å².